The third kappa shape index (κ3) is 5.16. The Hall–Kier alpha value is -1.59. The molecule has 1 unspecified atom stereocenters. The molecule has 0 heterocycles. The standard InChI is InChI=1S/C13H20N2O3/c1-15(11-6-4-3-5-7-11)9-13(17)14-8-12(16)10-18-2/h3-7,12,16H,8-10H2,1-2H3,(H,14,17). The summed E-state index contributed by atoms with van der Waals surface area (Å²) in [6.07, 6.45) is -0.666. The molecule has 0 radical (unpaired) electrons. The normalized spacial score (nSPS) is 11.9. The van der Waals surface area contributed by atoms with Gasteiger partial charge in [0, 0.05) is 26.4 Å². The molecule has 2 N–H and O–H groups in total. The summed E-state index contributed by atoms with van der Waals surface area (Å²) in [6, 6.07) is 9.65. The van der Waals surface area contributed by atoms with Crippen LogP contribution in [0, 0.1) is 0 Å². The van der Waals surface area contributed by atoms with Crippen molar-refractivity contribution in [2.45, 2.75) is 6.10 Å². The lowest BCUT2D eigenvalue weighted by molar-refractivity contribution is -0.120. The Morgan fingerprint density at radius 1 is 1.44 bits per heavy atom. The van der Waals surface area contributed by atoms with E-state index in [2.05, 4.69) is 5.32 Å². The fourth-order valence-electron chi connectivity index (χ4n) is 1.53. The van der Waals surface area contributed by atoms with Crippen molar-refractivity contribution >= 4 is 11.6 Å². The van der Waals surface area contributed by atoms with E-state index >= 15 is 0 Å². The van der Waals surface area contributed by atoms with Gasteiger partial charge in [-0.2, -0.15) is 0 Å². The lowest BCUT2D eigenvalue weighted by Gasteiger charge is -2.19. The molecule has 1 aromatic carbocycles. The molecule has 1 aromatic rings. The summed E-state index contributed by atoms with van der Waals surface area (Å²) in [6.45, 7) is 0.674. The number of nitrogens with one attached hydrogen (secondary N) is 1. The number of anilines is 1. The summed E-state index contributed by atoms with van der Waals surface area (Å²) in [4.78, 5) is 13.5. The number of hydrogen-bond donors (Lipinski definition) is 2. The van der Waals surface area contributed by atoms with Crippen LogP contribution in [0.15, 0.2) is 30.3 Å². The summed E-state index contributed by atoms with van der Waals surface area (Å²) in [5, 5.41) is 12.1. The number of methoxy groups -OCH3 is 1. The van der Waals surface area contributed by atoms with Gasteiger partial charge in [0.1, 0.15) is 0 Å². The van der Waals surface area contributed by atoms with Crippen molar-refractivity contribution in [2.75, 3.05) is 38.8 Å². The monoisotopic (exact) mass is 252 g/mol. The van der Waals surface area contributed by atoms with Crippen LogP contribution in [-0.4, -0.2) is 51.0 Å². The molecule has 0 saturated heterocycles. The molecule has 100 valence electrons. The first-order chi connectivity index (χ1) is 8.63. The average molecular weight is 252 g/mol. The molecule has 0 aromatic heterocycles. The number of likely N-dealkylation sites (N-methyl/N-ethyl adjacent to an activating group) is 1. The second-order valence-electron chi connectivity index (χ2n) is 4.10. The number of rotatable bonds is 7. The number of amides is 1. The van der Waals surface area contributed by atoms with E-state index in [0.717, 1.165) is 5.69 Å². The van der Waals surface area contributed by atoms with E-state index in [1.807, 2.05) is 42.3 Å². The fourth-order valence-corrected chi connectivity index (χ4v) is 1.53. The van der Waals surface area contributed by atoms with Crippen LogP contribution < -0.4 is 10.2 Å². The Morgan fingerprint density at radius 3 is 2.72 bits per heavy atom. The molecule has 0 aliphatic carbocycles. The van der Waals surface area contributed by atoms with Crippen LogP contribution in [0.2, 0.25) is 0 Å². The zero-order valence-electron chi connectivity index (χ0n) is 10.8. The third-order valence-corrected chi connectivity index (χ3v) is 2.47. The molecule has 0 saturated carbocycles. The summed E-state index contributed by atoms with van der Waals surface area (Å²) in [7, 11) is 3.36. The van der Waals surface area contributed by atoms with Crippen molar-refractivity contribution in [3.63, 3.8) is 0 Å². The van der Waals surface area contributed by atoms with Crippen LogP contribution in [-0.2, 0) is 9.53 Å². The Morgan fingerprint density at radius 2 is 2.11 bits per heavy atom. The highest BCUT2D eigenvalue weighted by Crippen LogP contribution is 2.09. The van der Waals surface area contributed by atoms with Crippen LogP contribution >= 0.6 is 0 Å². The first kappa shape index (κ1) is 14.5. The minimum Gasteiger partial charge on any atom is -0.389 e. The van der Waals surface area contributed by atoms with Gasteiger partial charge in [-0.1, -0.05) is 18.2 Å². The van der Waals surface area contributed by atoms with E-state index in [1.54, 1.807) is 0 Å². The first-order valence-corrected chi connectivity index (χ1v) is 5.83. The molecule has 5 nitrogen and oxygen atoms in total. The minimum absolute atomic E-state index is 0.128. The predicted octanol–water partition coefficient (Wildman–Crippen LogP) is 0.246. The van der Waals surface area contributed by atoms with Gasteiger partial charge in [0.15, 0.2) is 0 Å². The summed E-state index contributed by atoms with van der Waals surface area (Å²) < 4.78 is 4.77. The molecular formula is C13H20N2O3. The smallest absolute Gasteiger partial charge is 0.239 e. The van der Waals surface area contributed by atoms with Crippen molar-refractivity contribution in [1.82, 2.24) is 5.32 Å². The van der Waals surface area contributed by atoms with Crippen molar-refractivity contribution in [2.24, 2.45) is 0 Å². The second kappa shape index (κ2) is 7.68. The molecule has 0 spiro atoms. The molecule has 5 heteroatoms. The maximum atomic E-state index is 11.6. The van der Waals surface area contributed by atoms with Gasteiger partial charge in [-0.25, -0.2) is 0 Å². The van der Waals surface area contributed by atoms with Crippen LogP contribution in [0.4, 0.5) is 5.69 Å². The van der Waals surface area contributed by atoms with Crippen LogP contribution in [0.3, 0.4) is 0 Å². The molecule has 1 rings (SSSR count). The second-order valence-corrected chi connectivity index (χ2v) is 4.10. The van der Waals surface area contributed by atoms with E-state index in [4.69, 9.17) is 4.74 Å². The number of hydrogen-bond acceptors (Lipinski definition) is 4. The quantitative estimate of drug-likeness (QED) is 0.730. The lowest BCUT2D eigenvalue weighted by Crippen LogP contribution is -2.40. The number of para-hydroxylation sites is 1. The molecule has 18 heavy (non-hydrogen) atoms. The Balaban J connectivity index is 2.32. The largest absolute Gasteiger partial charge is 0.389 e. The maximum absolute atomic E-state index is 11.6. The van der Waals surface area contributed by atoms with Crippen molar-refractivity contribution in [3.8, 4) is 0 Å². The zero-order chi connectivity index (χ0) is 13.4. The topological polar surface area (TPSA) is 61.8 Å². The van der Waals surface area contributed by atoms with Gasteiger partial charge in [-0.3, -0.25) is 4.79 Å². The van der Waals surface area contributed by atoms with Crippen molar-refractivity contribution < 1.29 is 14.6 Å². The molecular weight excluding hydrogens is 232 g/mol. The van der Waals surface area contributed by atoms with Crippen molar-refractivity contribution in [1.29, 1.82) is 0 Å². The number of carbonyl (C=O) groups is 1. The van der Waals surface area contributed by atoms with Crippen LogP contribution in [0.1, 0.15) is 0 Å². The number of carbonyl (C=O) groups excluding carboxylic acids is 1. The summed E-state index contributed by atoms with van der Waals surface area (Å²) in [5.74, 6) is -0.128. The Labute approximate surface area is 107 Å². The van der Waals surface area contributed by atoms with E-state index in [1.165, 1.54) is 7.11 Å². The molecule has 0 aliphatic heterocycles. The molecule has 1 atom stereocenters. The number of nitrogens with zero attached hydrogens (tertiary/aromatic N) is 1. The van der Waals surface area contributed by atoms with E-state index < -0.39 is 6.10 Å². The van der Waals surface area contributed by atoms with Gasteiger partial charge >= 0.3 is 0 Å². The van der Waals surface area contributed by atoms with Crippen LogP contribution in [0.25, 0.3) is 0 Å². The minimum atomic E-state index is -0.666. The summed E-state index contributed by atoms with van der Waals surface area (Å²) in [5.41, 5.74) is 0.977. The summed E-state index contributed by atoms with van der Waals surface area (Å²) >= 11 is 0. The van der Waals surface area contributed by atoms with Gasteiger partial charge < -0.3 is 20.1 Å². The highest BCUT2D eigenvalue weighted by molar-refractivity contribution is 5.81. The Bertz CT molecular complexity index is 357. The highest BCUT2D eigenvalue weighted by Gasteiger charge is 2.09. The van der Waals surface area contributed by atoms with Gasteiger partial charge in [-0.05, 0) is 12.1 Å². The Kier molecular flexibility index (Phi) is 6.18. The van der Waals surface area contributed by atoms with Gasteiger partial charge in [-0.15, -0.1) is 0 Å². The molecule has 0 bridgehead atoms. The molecule has 0 fully saturated rings. The fraction of sp³-hybridized carbons (Fsp3) is 0.462. The highest BCUT2D eigenvalue weighted by atomic mass is 16.5. The lowest BCUT2D eigenvalue weighted by atomic mass is 10.3. The SMILES string of the molecule is COCC(O)CNC(=O)CN(C)c1ccccc1. The zero-order valence-corrected chi connectivity index (χ0v) is 10.8. The average Bonchev–Trinajstić information content (AvgIpc) is 2.38. The van der Waals surface area contributed by atoms with Crippen LogP contribution in [0.5, 0.6) is 0 Å². The molecule has 0 aliphatic rings. The van der Waals surface area contributed by atoms with Gasteiger partial charge in [0.05, 0.1) is 19.3 Å². The van der Waals surface area contributed by atoms with E-state index in [0.29, 0.717) is 0 Å². The number of ether oxygens (including phenoxy) is 1. The number of aliphatic hydroxyl groups is 1. The van der Waals surface area contributed by atoms with Crippen molar-refractivity contribution in [3.05, 3.63) is 30.3 Å². The van der Waals surface area contributed by atoms with Gasteiger partial charge in [0.2, 0.25) is 5.91 Å². The predicted molar refractivity (Wildman–Crippen MR) is 70.6 cm³/mol. The number of benzene rings is 1. The first-order valence-electron chi connectivity index (χ1n) is 5.83. The van der Waals surface area contributed by atoms with Gasteiger partial charge in [0.25, 0.3) is 0 Å². The van der Waals surface area contributed by atoms with E-state index in [9.17, 15) is 9.90 Å². The number of aliphatic hydroxyl groups excluding tert-OH is 1. The van der Waals surface area contributed by atoms with E-state index in [-0.39, 0.29) is 25.6 Å². The maximum Gasteiger partial charge on any atom is 0.239 e. The third-order valence-electron chi connectivity index (χ3n) is 2.47. The molecule has 1 amide bonds.